The van der Waals surface area contributed by atoms with E-state index in [9.17, 15) is 17.6 Å². The van der Waals surface area contributed by atoms with E-state index in [1.165, 1.54) is 12.1 Å². The molecule has 2 saturated heterocycles. The standard InChI is InChI=1S/C21H27FN4O6S/c1-13(2)19-23-20(32-24-19)25-8-6-14(7-9-25)30-12-15-11-26(21(27)31-15)18-5-4-16(10-17(18)22)33(3,28)29/h4-5,10,13-15H,6-9,11-12H2,1-3H3. The molecular weight excluding hydrogens is 455 g/mol. The number of piperidine rings is 1. The molecule has 0 saturated carbocycles. The van der Waals surface area contributed by atoms with Crippen molar-refractivity contribution in [2.75, 3.05) is 42.3 Å². The largest absolute Gasteiger partial charge is 0.441 e. The first-order valence-corrected chi connectivity index (χ1v) is 12.7. The van der Waals surface area contributed by atoms with Gasteiger partial charge in [-0.05, 0) is 31.0 Å². The molecule has 1 atom stereocenters. The molecule has 2 aliphatic rings. The van der Waals surface area contributed by atoms with Crippen LogP contribution >= 0.6 is 0 Å². The molecular formula is C21H27FN4O6S. The molecule has 2 fully saturated rings. The Balaban J connectivity index is 1.28. The van der Waals surface area contributed by atoms with Crippen LogP contribution in [0.5, 0.6) is 0 Å². The fourth-order valence-corrected chi connectivity index (χ4v) is 4.42. The van der Waals surface area contributed by atoms with Crippen LogP contribution < -0.4 is 9.80 Å². The molecule has 0 bridgehead atoms. The van der Waals surface area contributed by atoms with Gasteiger partial charge in [0.15, 0.2) is 15.7 Å². The molecule has 1 aromatic carbocycles. The third kappa shape index (κ3) is 5.27. The first-order chi connectivity index (χ1) is 15.6. The number of halogens is 1. The second-order valence-electron chi connectivity index (χ2n) is 8.61. The highest BCUT2D eigenvalue weighted by Gasteiger charge is 2.35. The Bertz CT molecular complexity index is 1110. The first kappa shape index (κ1) is 23.4. The SMILES string of the molecule is CC(C)c1noc(N2CCC(OCC3CN(c4ccc(S(C)(=O)=O)cc4F)C(=O)O3)CC2)n1. The molecule has 33 heavy (non-hydrogen) atoms. The third-order valence-electron chi connectivity index (χ3n) is 5.69. The van der Waals surface area contributed by atoms with Gasteiger partial charge in [-0.15, -0.1) is 0 Å². The Kier molecular flexibility index (Phi) is 6.57. The molecule has 1 unspecified atom stereocenters. The number of ether oxygens (including phenoxy) is 2. The number of carbonyl (C=O) groups excluding carboxylic acids is 1. The van der Waals surface area contributed by atoms with Crippen molar-refractivity contribution in [2.24, 2.45) is 0 Å². The van der Waals surface area contributed by atoms with E-state index in [-0.39, 0.29) is 35.8 Å². The minimum Gasteiger partial charge on any atom is -0.441 e. The average Bonchev–Trinajstić information content (AvgIpc) is 3.39. The summed E-state index contributed by atoms with van der Waals surface area (Å²) in [7, 11) is -3.55. The van der Waals surface area contributed by atoms with Crippen LogP contribution in [0, 0.1) is 5.82 Å². The van der Waals surface area contributed by atoms with Gasteiger partial charge in [0.05, 0.1) is 29.8 Å². The maximum atomic E-state index is 14.5. The highest BCUT2D eigenvalue weighted by Crippen LogP contribution is 2.28. The average molecular weight is 483 g/mol. The summed E-state index contributed by atoms with van der Waals surface area (Å²) in [6, 6.07) is 3.96. The van der Waals surface area contributed by atoms with Crippen LogP contribution in [0.4, 0.5) is 20.9 Å². The molecule has 1 aromatic heterocycles. The molecule has 2 aromatic rings. The Hall–Kier alpha value is -2.73. The number of carbonyl (C=O) groups is 1. The molecule has 0 aliphatic carbocycles. The van der Waals surface area contributed by atoms with Gasteiger partial charge in [-0.1, -0.05) is 19.0 Å². The van der Waals surface area contributed by atoms with Gasteiger partial charge in [-0.3, -0.25) is 4.90 Å². The zero-order chi connectivity index (χ0) is 23.8. The number of hydrogen-bond donors (Lipinski definition) is 0. The van der Waals surface area contributed by atoms with Crippen molar-refractivity contribution < 1.29 is 31.6 Å². The quantitative estimate of drug-likeness (QED) is 0.587. The number of aromatic nitrogens is 2. The highest BCUT2D eigenvalue weighted by molar-refractivity contribution is 7.90. The van der Waals surface area contributed by atoms with Gasteiger partial charge in [-0.2, -0.15) is 4.98 Å². The van der Waals surface area contributed by atoms with Crippen molar-refractivity contribution in [3.63, 3.8) is 0 Å². The van der Waals surface area contributed by atoms with E-state index in [0.717, 1.165) is 30.1 Å². The molecule has 4 rings (SSSR count). The lowest BCUT2D eigenvalue weighted by Gasteiger charge is -2.30. The number of cyclic esters (lactones) is 1. The van der Waals surface area contributed by atoms with Crippen LogP contribution in [-0.2, 0) is 19.3 Å². The van der Waals surface area contributed by atoms with E-state index in [0.29, 0.717) is 24.9 Å². The van der Waals surface area contributed by atoms with Gasteiger partial charge in [0, 0.05) is 25.3 Å². The van der Waals surface area contributed by atoms with E-state index in [4.69, 9.17) is 14.0 Å². The predicted molar refractivity (Wildman–Crippen MR) is 117 cm³/mol. The summed E-state index contributed by atoms with van der Waals surface area (Å²) in [6.07, 6.45) is 1.26. The molecule has 0 radical (unpaired) electrons. The Labute approximate surface area is 191 Å². The maximum Gasteiger partial charge on any atom is 0.414 e. The van der Waals surface area contributed by atoms with Crippen molar-refractivity contribution in [2.45, 2.75) is 49.7 Å². The summed E-state index contributed by atoms with van der Waals surface area (Å²) in [4.78, 5) is 19.7. The van der Waals surface area contributed by atoms with Crippen LogP contribution in [-0.4, -0.2) is 69.4 Å². The molecule has 0 N–H and O–H groups in total. The molecule has 180 valence electrons. The first-order valence-electron chi connectivity index (χ1n) is 10.8. The second kappa shape index (κ2) is 9.26. The summed E-state index contributed by atoms with van der Waals surface area (Å²) < 4.78 is 54.3. The Morgan fingerprint density at radius 2 is 2.00 bits per heavy atom. The number of amides is 1. The van der Waals surface area contributed by atoms with Crippen LogP contribution in [0.2, 0.25) is 0 Å². The number of sulfone groups is 1. The van der Waals surface area contributed by atoms with Crippen LogP contribution in [0.1, 0.15) is 38.4 Å². The monoisotopic (exact) mass is 482 g/mol. The normalized spacial score (nSPS) is 20.0. The number of rotatable bonds is 7. The van der Waals surface area contributed by atoms with E-state index in [2.05, 4.69) is 10.1 Å². The number of nitrogens with zero attached hydrogens (tertiary/aromatic N) is 4. The molecule has 0 spiro atoms. The second-order valence-corrected chi connectivity index (χ2v) is 10.6. The van der Waals surface area contributed by atoms with Crippen LogP contribution in [0.3, 0.4) is 0 Å². The molecule has 3 heterocycles. The van der Waals surface area contributed by atoms with Gasteiger partial charge in [0.25, 0.3) is 0 Å². The molecule has 1 amide bonds. The highest BCUT2D eigenvalue weighted by atomic mass is 32.2. The van der Waals surface area contributed by atoms with Crippen LogP contribution in [0.25, 0.3) is 0 Å². The zero-order valence-electron chi connectivity index (χ0n) is 18.7. The molecule has 12 heteroatoms. The summed E-state index contributed by atoms with van der Waals surface area (Å²) in [5.74, 6) is 0.0759. The van der Waals surface area contributed by atoms with Gasteiger partial charge < -0.3 is 18.9 Å². The fourth-order valence-electron chi connectivity index (χ4n) is 3.79. The van der Waals surface area contributed by atoms with Crippen molar-refractivity contribution in [1.82, 2.24) is 10.1 Å². The van der Waals surface area contributed by atoms with Gasteiger partial charge in [0.2, 0.25) is 0 Å². The Morgan fingerprint density at radius 1 is 1.27 bits per heavy atom. The van der Waals surface area contributed by atoms with Crippen LogP contribution in [0.15, 0.2) is 27.6 Å². The van der Waals surface area contributed by atoms with Gasteiger partial charge >= 0.3 is 12.1 Å². The lowest BCUT2D eigenvalue weighted by atomic mass is 10.1. The zero-order valence-corrected chi connectivity index (χ0v) is 19.5. The van der Waals surface area contributed by atoms with E-state index in [1.807, 2.05) is 18.7 Å². The van der Waals surface area contributed by atoms with Crippen molar-refractivity contribution in [3.8, 4) is 0 Å². The summed E-state index contributed by atoms with van der Waals surface area (Å²) in [6.45, 7) is 5.73. The Morgan fingerprint density at radius 3 is 2.61 bits per heavy atom. The number of anilines is 2. The van der Waals surface area contributed by atoms with E-state index >= 15 is 0 Å². The van der Waals surface area contributed by atoms with E-state index in [1.54, 1.807) is 0 Å². The van der Waals surface area contributed by atoms with Crippen molar-refractivity contribution in [1.29, 1.82) is 0 Å². The summed E-state index contributed by atoms with van der Waals surface area (Å²) in [5.41, 5.74) is -0.0245. The smallest absolute Gasteiger partial charge is 0.414 e. The molecule has 2 aliphatic heterocycles. The summed E-state index contributed by atoms with van der Waals surface area (Å²) in [5, 5.41) is 3.99. The van der Waals surface area contributed by atoms with Crippen molar-refractivity contribution in [3.05, 3.63) is 29.8 Å². The third-order valence-corrected chi connectivity index (χ3v) is 6.80. The topological polar surface area (TPSA) is 115 Å². The van der Waals surface area contributed by atoms with Gasteiger partial charge in [0.1, 0.15) is 11.9 Å². The minimum atomic E-state index is -3.55. The fraction of sp³-hybridized carbons (Fsp3) is 0.571. The predicted octanol–water partition coefficient (Wildman–Crippen LogP) is 2.75. The molecule has 10 nitrogen and oxygen atoms in total. The summed E-state index contributed by atoms with van der Waals surface area (Å²) >= 11 is 0. The number of hydrogen-bond acceptors (Lipinski definition) is 9. The number of benzene rings is 1. The van der Waals surface area contributed by atoms with Gasteiger partial charge in [-0.25, -0.2) is 17.6 Å². The van der Waals surface area contributed by atoms with Crippen molar-refractivity contribution >= 4 is 27.6 Å². The lowest BCUT2D eigenvalue weighted by molar-refractivity contribution is -0.0102. The minimum absolute atomic E-state index is 0.00715. The lowest BCUT2D eigenvalue weighted by Crippen LogP contribution is -2.38. The van der Waals surface area contributed by atoms with E-state index < -0.39 is 27.9 Å². The maximum absolute atomic E-state index is 14.5.